The van der Waals surface area contributed by atoms with E-state index in [0.29, 0.717) is 6.61 Å². The zero-order valence-electron chi connectivity index (χ0n) is 5.18. The summed E-state index contributed by atoms with van der Waals surface area (Å²) in [5.41, 5.74) is 0. The Morgan fingerprint density at radius 1 is 1.75 bits per heavy atom. The van der Waals surface area contributed by atoms with Gasteiger partial charge in [-0.2, -0.15) is 11.8 Å². The molecule has 1 nitrogen and oxygen atoms in total. The Kier molecular flexibility index (Phi) is 1.83. The van der Waals surface area contributed by atoms with E-state index in [1.165, 1.54) is 12.2 Å². The van der Waals surface area contributed by atoms with Gasteiger partial charge in [0.1, 0.15) is 0 Å². The number of thioether (sulfide) groups is 1. The Morgan fingerprint density at radius 2 is 2.38 bits per heavy atom. The van der Waals surface area contributed by atoms with E-state index in [-0.39, 0.29) is 4.75 Å². The topological polar surface area (TPSA) is 20.2 Å². The molecule has 1 fully saturated rings. The monoisotopic (exact) mass is 132 g/mol. The summed E-state index contributed by atoms with van der Waals surface area (Å²) in [5.74, 6) is 1.24. The molecule has 0 aromatic heterocycles. The summed E-state index contributed by atoms with van der Waals surface area (Å²) in [6.07, 6.45) is 2.33. The number of hydrogen-bond acceptors (Lipinski definition) is 2. The molecule has 1 rings (SSSR count). The fourth-order valence-corrected chi connectivity index (χ4v) is 1.98. The molecule has 1 aliphatic rings. The second kappa shape index (κ2) is 2.28. The first-order valence-electron chi connectivity index (χ1n) is 3.08. The minimum Gasteiger partial charge on any atom is -0.395 e. The van der Waals surface area contributed by atoms with Crippen molar-refractivity contribution in [2.45, 2.75) is 24.5 Å². The quantitative estimate of drug-likeness (QED) is 0.610. The van der Waals surface area contributed by atoms with Crippen LogP contribution in [0.1, 0.15) is 19.8 Å². The fourth-order valence-electron chi connectivity index (χ4n) is 0.906. The summed E-state index contributed by atoms with van der Waals surface area (Å²) in [4.78, 5) is 0. The minimum atomic E-state index is 0.278. The molecule has 0 aromatic carbocycles. The third-order valence-corrected chi connectivity index (χ3v) is 3.54. The normalized spacial score (nSPS) is 36.8. The molecule has 0 amide bonds. The lowest BCUT2D eigenvalue weighted by Crippen LogP contribution is -2.37. The smallest absolute Gasteiger partial charge is 0.0578 e. The van der Waals surface area contributed by atoms with E-state index in [1.807, 2.05) is 11.8 Å². The summed E-state index contributed by atoms with van der Waals surface area (Å²) in [6, 6.07) is 0. The lowest BCUT2D eigenvalue weighted by atomic mass is 10.0. The van der Waals surface area contributed by atoms with Crippen molar-refractivity contribution < 1.29 is 5.11 Å². The predicted molar refractivity (Wildman–Crippen MR) is 37.2 cm³/mol. The molecule has 1 atom stereocenters. The second-order valence-corrected chi connectivity index (χ2v) is 3.86. The summed E-state index contributed by atoms with van der Waals surface area (Å²) in [7, 11) is 0. The first-order chi connectivity index (χ1) is 3.83. The highest BCUT2D eigenvalue weighted by Crippen LogP contribution is 2.42. The zero-order chi connectivity index (χ0) is 6.04. The highest BCUT2D eigenvalue weighted by molar-refractivity contribution is 8.02. The van der Waals surface area contributed by atoms with Crippen molar-refractivity contribution in [3.8, 4) is 0 Å². The van der Waals surface area contributed by atoms with Crippen LogP contribution >= 0.6 is 11.8 Å². The summed E-state index contributed by atoms with van der Waals surface area (Å²) in [6.45, 7) is 2.51. The van der Waals surface area contributed by atoms with Gasteiger partial charge >= 0.3 is 0 Å². The Balaban J connectivity index is 2.33. The molecule has 0 aliphatic carbocycles. The van der Waals surface area contributed by atoms with Crippen molar-refractivity contribution in [3.63, 3.8) is 0 Å². The van der Waals surface area contributed by atoms with Gasteiger partial charge in [-0.05, 0) is 18.6 Å². The van der Waals surface area contributed by atoms with Crippen LogP contribution in [0, 0.1) is 0 Å². The van der Waals surface area contributed by atoms with E-state index in [1.54, 1.807) is 0 Å². The number of rotatable bonds is 2. The Labute approximate surface area is 54.5 Å². The molecule has 1 N–H and O–H groups in total. The molecule has 8 heavy (non-hydrogen) atoms. The van der Waals surface area contributed by atoms with Crippen molar-refractivity contribution in [3.05, 3.63) is 0 Å². The molecule has 0 aromatic rings. The lowest BCUT2D eigenvalue weighted by Gasteiger charge is -2.38. The zero-order valence-corrected chi connectivity index (χ0v) is 6.00. The van der Waals surface area contributed by atoms with Gasteiger partial charge in [-0.3, -0.25) is 0 Å². The first kappa shape index (κ1) is 6.43. The van der Waals surface area contributed by atoms with Crippen LogP contribution in [0.4, 0.5) is 0 Å². The standard InChI is InChI=1S/C6H12OS/c1-2-6(5-7)3-4-8-6/h7H,2-5H2,1H3. The molecule has 1 aliphatic heterocycles. The molecule has 1 unspecified atom stereocenters. The van der Waals surface area contributed by atoms with E-state index in [0.717, 1.165) is 6.42 Å². The van der Waals surface area contributed by atoms with Gasteiger partial charge < -0.3 is 5.11 Å². The van der Waals surface area contributed by atoms with Crippen LogP contribution in [0.15, 0.2) is 0 Å². The SMILES string of the molecule is CCC1(CO)CCS1. The van der Waals surface area contributed by atoms with Crippen molar-refractivity contribution >= 4 is 11.8 Å². The third-order valence-electron chi connectivity index (χ3n) is 1.90. The van der Waals surface area contributed by atoms with E-state index < -0.39 is 0 Å². The van der Waals surface area contributed by atoms with Crippen molar-refractivity contribution in [2.24, 2.45) is 0 Å². The number of aliphatic hydroxyl groups excluding tert-OH is 1. The number of hydrogen-bond donors (Lipinski definition) is 1. The minimum absolute atomic E-state index is 0.278. The van der Waals surface area contributed by atoms with Gasteiger partial charge in [0.15, 0.2) is 0 Å². The second-order valence-electron chi connectivity index (χ2n) is 2.29. The molecular formula is C6H12OS. The van der Waals surface area contributed by atoms with Gasteiger partial charge in [0, 0.05) is 4.75 Å². The maximum Gasteiger partial charge on any atom is 0.0578 e. The fraction of sp³-hybridized carbons (Fsp3) is 1.00. The van der Waals surface area contributed by atoms with Crippen LogP contribution in [-0.2, 0) is 0 Å². The van der Waals surface area contributed by atoms with Crippen LogP contribution < -0.4 is 0 Å². The Bertz CT molecular complexity index is 65.1. The van der Waals surface area contributed by atoms with Crippen molar-refractivity contribution in [1.82, 2.24) is 0 Å². The van der Waals surface area contributed by atoms with Crippen LogP contribution in [-0.4, -0.2) is 22.2 Å². The highest BCUT2D eigenvalue weighted by Gasteiger charge is 2.34. The van der Waals surface area contributed by atoms with Crippen LogP contribution in [0.2, 0.25) is 0 Å². The Morgan fingerprint density at radius 3 is 2.38 bits per heavy atom. The molecule has 1 saturated heterocycles. The van der Waals surface area contributed by atoms with E-state index >= 15 is 0 Å². The van der Waals surface area contributed by atoms with Gasteiger partial charge in [-0.1, -0.05) is 6.92 Å². The molecule has 0 radical (unpaired) electrons. The van der Waals surface area contributed by atoms with Gasteiger partial charge in [0.05, 0.1) is 6.61 Å². The number of aliphatic hydroxyl groups is 1. The van der Waals surface area contributed by atoms with Crippen LogP contribution in [0.5, 0.6) is 0 Å². The summed E-state index contributed by atoms with van der Waals surface area (Å²) < 4.78 is 0.278. The summed E-state index contributed by atoms with van der Waals surface area (Å²) in [5, 5.41) is 8.82. The van der Waals surface area contributed by atoms with Crippen LogP contribution in [0.3, 0.4) is 0 Å². The molecule has 0 spiro atoms. The van der Waals surface area contributed by atoms with Crippen molar-refractivity contribution in [2.75, 3.05) is 12.4 Å². The first-order valence-corrected chi connectivity index (χ1v) is 4.06. The van der Waals surface area contributed by atoms with Gasteiger partial charge in [-0.25, -0.2) is 0 Å². The largest absolute Gasteiger partial charge is 0.395 e. The predicted octanol–water partition coefficient (Wildman–Crippen LogP) is 1.26. The molecule has 1 heterocycles. The van der Waals surface area contributed by atoms with E-state index in [2.05, 4.69) is 6.92 Å². The average Bonchev–Trinajstić information content (AvgIpc) is 1.67. The lowest BCUT2D eigenvalue weighted by molar-refractivity contribution is 0.233. The third kappa shape index (κ3) is 0.869. The van der Waals surface area contributed by atoms with Crippen molar-refractivity contribution in [1.29, 1.82) is 0 Å². The summed E-state index contributed by atoms with van der Waals surface area (Å²) >= 11 is 1.90. The Hall–Kier alpha value is 0.310. The van der Waals surface area contributed by atoms with E-state index in [4.69, 9.17) is 5.11 Å². The van der Waals surface area contributed by atoms with Gasteiger partial charge in [0.25, 0.3) is 0 Å². The maximum absolute atomic E-state index is 8.82. The molecule has 2 heteroatoms. The van der Waals surface area contributed by atoms with Crippen LogP contribution in [0.25, 0.3) is 0 Å². The molecular weight excluding hydrogens is 120 g/mol. The molecule has 0 bridgehead atoms. The van der Waals surface area contributed by atoms with Gasteiger partial charge in [-0.15, -0.1) is 0 Å². The van der Waals surface area contributed by atoms with E-state index in [9.17, 15) is 0 Å². The average molecular weight is 132 g/mol. The molecule has 0 saturated carbocycles. The highest BCUT2D eigenvalue weighted by atomic mass is 32.2. The van der Waals surface area contributed by atoms with Gasteiger partial charge in [0.2, 0.25) is 0 Å². The molecule has 48 valence electrons. The maximum atomic E-state index is 8.82.